The van der Waals surface area contributed by atoms with E-state index in [2.05, 4.69) is 97.4 Å². The molecule has 0 spiro atoms. The summed E-state index contributed by atoms with van der Waals surface area (Å²) in [6.45, 7) is 18.9. The van der Waals surface area contributed by atoms with Gasteiger partial charge in [-0.2, -0.15) is 5.10 Å². The summed E-state index contributed by atoms with van der Waals surface area (Å²) in [5, 5.41) is 6.06. The number of pyridine rings is 1. The maximum Gasteiger partial charge on any atom is 0.159 e. The van der Waals surface area contributed by atoms with E-state index < -0.39 is 16.1 Å². The van der Waals surface area contributed by atoms with E-state index >= 15 is 0 Å². The number of H-pyrrole nitrogens is 1. The van der Waals surface area contributed by atoms with Crippen LogP contribution in [0.1, 0.15) is 5.56 Å². The van der Waals surface area contributed by atoms with Crippen molar-refractivity contribution in [1.29, 1.82) is 0 Å². The van der Waals surface area contributed by atoms with Crippen molar-refractivity contribution in [3.05, 3.63) is 78.9 Å². The standard InChI is InChI=1S/C36H46N6O2Si2/c1-26-30(21-37-22-31(26)28-14-15-41(23-28)24-43-16-18-45(2,3)4)27-12-13-34-29(20-27)35(36-38-32-10-8-9-11-33(32)39-36)40-42(34)25-44-17-19-46(5,6)7/h8-15,20-23H,16-19,24-25H2,1-7H3,(H,38,39). The molecule has 46 heavy (non-hydrogen) atoms. The third-order valence-electron chi connectivity index (χ3n) is 8.40. The molecule has 4 heterocycles. The highest BCUT2D eigenvalue weighted by Crippen LogP contribution is 2.35. The molecule has 2 aromatic carbocycles. The van der Waals surface area contributed by atoms with Crippen molar-refractivity contribution in [3.8, 4) is 33.8 Å². The van der Waals surface area contributed by atoms with Crippen molar-refractivity contribution in [2.75, 3.05) is 13.2 Å². The number of fused-ring (bicyclic) bond motifs is 2. The first kappa shape index (κ1) is 32.1. The van der Waals surface area contributed by atoms with Crippen molar-refractivity contribution in [3.63, 3.8) is 0 Å². The lowest BCUT2D eigenvalue weighted by molar-refractivity contribution is 0.0818. The molecular formula is C36H46N6O2Si2. The third kappa shape index (κ3) is 7.41. The second-order valence-electron chi connectivity index (χ2n) is 14.7. The molecule has 0 saturated heterocycles. The van der Waals surface area contributed by atoms with E-state index in [0.29, 0.717) is 13.5 Å². The summed E-state index contributed by atoms with van der Waals surface area (Å²) in [7, 11) is -2.30. The zero-order valence-electron chi connectivity index (χ0n) is 28.2. The van der Waals surface area contributed by atoms with Gasteiger partial charge in [-0.05, 0) is 60.5 Å². The Balaban J connectivity index is 1.32. The Morgan fingerprint density at radius 3 is 2.22 bits per heavy atom. The lowest BCUT2D eigenvalue weighted by atomic mass is 9.95. The van der Waals surface area contributed by atoms with Crippen LogP contribution in [0, 0.1) is 6.92 Å². The summed E-state index contributed by atoms with van der Waals surface area (Å²) in [5.41, 5.74) is 9.34. The average molecular weight is 651 g/mol. The predicted octanol–water partition coefficient (Wildman–Crippen LogP) is 9.04. The molecular weight excluding hydrogens is 605 g/mol. The summed E-state index contributed by atoms with van der Waals surface area (Å²) in [5.74, 6) is 0.751. The van der Waals surface area contributed by atoms with Crippen LogP contribution in [0.4, 0.5) is 0 Å². The normalized spacial score (nSPS) is 12.5. The van der Waals surface area contributed by atoms with Crippen LogP contribution in [-0.4, -0.2) is 58.7 Å². The fraction of sp³-hybridized carbons (Fsp3) is 0.361. The molecule has 0 bridgehead atoms. The molecule has 8 nitrogen and oxygen atoms in total. The van der Waals surface area contributed by atoms with Gasteiger partial charge in [0.25, 0.3) is 0 Å². The molecule has 0 saturated carbocycles. The van der Waals surface area contributed by atoms with Gasteiger partial charge in [0.05, 0.1) is 16.6 Å². The Kier molecular flexibility index (Phi) is 9.16. The predicted molar refractivity (Wildman–Crippen MR) is 194 cm³/mol. The van der Waals surface area contributed by atoms with Crippen molar-refractivity contribution >= 4 is 38.1 Å². The van der Waals surface area contributed by atoms with Gasteiger partial charge in [0.2, 0.25) is 0 Å². The number of imidazole rings is 1. The molecule has 240 valence electrons. The van der Waals surface area contributed by atoms with Crippen LogP contribution in [0.25, 0.3) is 55.7 Å². The number of aromatic nitrogens is 6. The Bertz CT molecular complexity index is 1930. The number of nitrogens with zero attached hydrogens (tertiary/aromatic N) is 5. The number of rotatable bonds is 13. The zero-order chi connectivity index (χ0) is 32.5. The lowest BCUT2D eigenvalue weighted by Crippen LogP contribution is -2.22. The molecule has 1 N–H and O–H groups in total. The monoisotopic (exact) mass is 650 g/mol. The van der Waals surface area contributed by atoms with Crippen LogP contribution in [0.2, 0.25) is 51.4 Å². The summed E-state index contributed by atoms with van der Waals surface area (Å²) < 4.78 is 16.2. The van der Waals surface area contributed by atoms with Gasteiger partial charge in [0, 0.05) is 76.2 Å². The third-order valence-corrected chi connectivity index (χ3v) is 11.8. The van der Waals surface area contributed by atoms with Crippen LogP contribution in [0.15, 0.2) is 73.3 Å². The van der Waals surface area contributed by atoms with E-state index in [1.807, 2.05) is 41.3 Å². The summed E-state index contributed by atoms with van der Waals surface area (Å²) >= 11 is 0. The molecule has 6 rings (SSSR count). The molecule has 6 aromatic rings. The highest BCUT2D eigenvalue weighted by Gasteiger charge is 2.19. The minimum atomic E-state index is -1.19. The minimum Gasteiger partial charge on any atom is -0.361 e. The average Bonchev–Trinajstić information content (AvgIpc) is 3.73. The fourth-order valence-electron chi connectivity index (χ4n) is 5.55. The quantitative estimate of drug-likeness (QED) is 0.0996. The number of benzene rings is 2. The van der Waals surface area contributed by atoms with Crippen LogP contribution < -0.4 is 0 Å². The van der Waals surface area contributed by atoms with Crippen LogP contribution in [0.3, 0.4) is 0 Å². The molecule has 0 aliphatic carbocycles. The molecule has 0 aliphatic heterocycles. The number of hydrogen-bond donors (Lipinski definition) is 1. The lowest BCUT2D eigenvalue weighted by Gasteiger charge is -2.15. The summed E-state index contributed by atoms with van der Waals surface area (Å²) in [6.07, 6.45) is 8.15. The highest BCUT2D eigenvalue weighted by atomic mass is 28.3. The maximum atomic E-state index is 6.14. The molecule has 0 radical (unpaired) electrons. The summed E-state index contributed by atoms with van der Waals surface area (Å²) in [6, 6.07) is 19.0. The number of hydrogen-bond acceptors (Lipinski definition) is 5. The van der Waals surface area contributed by atoms with E-state index in [1.165, 1.54) is 11.6 Å². The van der Waals surface area contributed by atoms with Crippen molar-refractivity contribution in [2.45, 2.75) is 71.8 Å². The van der Waals surface area contributed by atoms with E-state index in [-0.39, 0.29) is 0 Å². The molecule has 0 unspecified atom stereocenters. The van der Waals surface area contributed by atoms with Crippen molar-refractivity contribution in [2.24, 2.45) is 0 Å². The largest absolute Gasteiger partial charge is 0.361 e. The highest BCUT2D eigenvalue weighted by molar-refractivity contribution is 6.76. The van der Waals surface area contributed by atoms with Crippen molar-refractivity contribution < 1.29 is 9.47 Å². The number of nitrogens with one attached hydrogen (secondary N) is 1. The molecule has 0 amide bonds. The Hall–Kier alpha value is -3.84. The Morgan fingerprint density at radius 1 is 0.804 bits per heavy atom. The van der Waals surface area contributed by atoms with Crippen LogP contribution >= 0.6 is 0 Å². The number of aromatic amines is 1. The van der Waals surface area contributed by atoms with E-state index in [1.54, 1.807) is 0 Å². The molecule has 0 atom stereocenters. The molecule has 10 heteroatoms. The number of para-hydroxylation sites is 2. The Morgan fingerprint density at radius 2 is 1.50 bits per heavy atom. The van der Waals surface area contributed by atoms with Gasteiger partial charge >= 0.3 is 0 Å². The number of ether oxygens (including phenoxy) is 2. The van der Waals surface area contributed by atoms with Gasteiger partial charge in [0.1, 0.15) is 19.2 Å². The van der Waals surface area contributed by atoms with E-state index in [4.69, 9.17) is 19.6 Å². The molecule has 0 aliphatic rings. The van der Waals surface area contributed by atoms with Gasteiger partial charge in [-0.3, -0.25) is 4.98 Å². The van der Waals surface area contributed by atoms with E-state index in [0.717, 1.165) is 75.0 Å². The first-order valence-electron chi connectivity index (χ1n) is 16.2. The van der Waals surface area contributed by atoms with Crippen molar-refractivity contribution in [1.82, 2.24) is 29.3 Å². The van der Waals surface area contributed by atoms with Gasteiger partial charge in [-0.15, -0.1) is 0 Å². The van der Waals surface area contributed by atoms with Gasteiger partial charge in [0.15, 0.2) is 5.82 Å². The topological polar surface area (TPSA) is 82.8 Å². The first-order valence-corrected chi connectivity index (χ1v) is 23.6. The fourth-order valence-corrected chi connectivity index (χ4v) is 7.06. The molecule has 0 fully saturated rings. The van der Waals surface area contributed by atoms with Gasteiger partial charge in [-0.1, -0.05) is 57.5 Å². The smallest absolute Gasteiger partial charge is 0.159 e. The van der Waals surface area contributed by atoms with E-state index in [9.17, 15) is 0 Å². The Labute approximate surface area is 273 Å². The van der Waals surface area contributed by atoms with Gasteiger partial charge < -0.3 is 19.0 Å². The minimum absolute atomic E-state index is 0.398. The second-order valence-corrected chi connectivity index (χ2v) is 25.9. The molecule has 4 aromatic heterocycles. The van der Waals surface area contributed by atoms with Crippen LogP contribution in [-0.2, 0) is 22.9 Å². The second kappa shape index (κ2) is 13.1. The first-order chi connectivity index (χ1) is 21.9. The maximum absolute atomic E-state index is 6.14. The van der Waals surface area contributed by atoms with Gasteiger partial charge in [-0.25, -0.2) is 9.67 Å². The van der Waals surface area contributed by atoms with Crippen LogP contribution in [0.5, 0.6) is 0 Å². The zero-order valence-corrected chi connectivity index (χ0v) is 30.2. The SMILES string of the molecule is Cc1c(-c2ccc3c(c2)c(-c2nc4ccccc4[nH]2)nn3COCC[Si](C)(C)C)cncc1-c1ccn(COCC[Si](C)(C)C)c1. The summed E-state index contributed by atoms with van der Waals surface area (Å²) in [4.78, 5) is 13.1.